The molecule has 0 saturated carbocycles. The summed E-state index contributed by atoms with van der Waals surface area (Å²) in [5, 5.41) is 2.73. The van der Waals surface area contributed by atoms with E-state index in [2.05, 4.69) is 27.3 Å². The van der Waals surface area contributed by atoms with Gasteiger partial charge in [0.15, 0.2) is 0 Å². The highest BCUT2D eigenvalue weighted by molar-refractivity contribution is 5.90. The van der Waals surface area contributed by atoms with Gasteiger partial charge in [0.1, 0.15) is 6.04 Å². The number of carbonyl (C=O) groups excluding carboxylic acids is 2. The number of amides is 3. The zero-order valence-electron chi connectivity index (χ0n) is 13.9. The molecule has 7 nitrogen and oxygen atoms in total. The van der Waals surface area contributed by atoms with E-state index in [4.69, 9.17) is 0 Å². The van der Waals surface area contributed by atoms with E-state index >= 15 is 0 Å². The van der Waals surface area contributed by atoms with Crippen molar-refractivity contribution in [3.05, 3.63) is 23.5 Å². The summed E-state index contributed by atoms with van der Waals surface area (Å²) in [4.78, 5) is 34.1. The quantitative estimate of drug-likeness (QED) is 0.856. The normalized spacial score (nSPS) is 21.6. The fraction of sp³-hybridized carbons (Fsp3) is 0.562. The summed E-state index contributed by atoms with van der Waals surface area (Å²) in [6.07, 6.45) is 0. The lowest BCUT2D eigenvalue weighted by Crippen LogP contribution is -2.54. The van der Waals surface area contributed by atoms with Gasteiger partial charge in [0.25, 0.3) is 0 Å². The molecule has 1 N–H and O–H groups in total. The molecule has 0 spiro atoms. The third kappa shape index (κ3) is 3.23. The molecule has 23 heavy (non-hydrogen) atoms. The largest absolute Gasteiger partial charge is 0.368 e. The van der Waals surface area contributed by atoms with Crippen LogP contribution in [-0.4, -0.2) is 72.5 Å². The summed E-state index contributed by atoms with van der Waals surface area (Å²) in [7, 11) is 1.70. The van der Waals surface area contributed by atoms with E-state index in [0.29, 0.717) is 19.6 Å². The highest BCUT2D eigenvalue weighted by Gasteiger charge is 2.35. The Kier molecular flexibility index (Phi) is 4.11. The SMILES string of the molecule is Cc1cc(N2CCN(C(=O)[C@@H]3CN(C)C(=O)N3)CC2)cc(C)n1. The Labute approximate surface area is 136 Å². The van der Waals surface area contributed by atoms with Crippen LogP contribution in [0.4, 0.5) is 10.5 Å². The Morgan fingerprint density at radius 3 is 2.30 bits per heavy atom. The molecule has 0 radical (unpaired) electrons. The summed E-state index contributed by atoms with van der Waals surface area (Å²) in [6, 6.07) is 3.57. The minimum atomic E-state index is -0.413. The molecule has 2 aliphatic heterocycles. The molecule has 0 unspecified atom stereocenters. The monoisotopic (exact) mass is 317 g/mol. The molecular formula is C16H23N5O2. The van der Waals surface area contributed by atoms with Gasteiger partial charge in [-0.25, -0.2) is 4.79 Å². The number of hydrogen-bond donors (Lipinski definition) is 1. The Hall–Kier alpha value is -2.31. The number of pyridine rings is 1. The summed E-state index contributed by atoms with van der Waals surface area (Å²) in [5.41, 5.74) is 3.18. The first-order chi connectivity index (χ1) is 10.9. The maximum absolute atomic E-state index is 12.5. The lowest BCUT2D eigenvalue weighted by atomic mass is 10.2. The molecule has 3 rings (SSSR count). The minimum Gasteiger partial charge on any atom is -0.368 e. The standard InChI is InChI=1S/C16H23N5O2/c1-11-8-13(9-12(2)17-11)20-4-6-21(7-5-20)15(22)14-10-19(3)16(23)18-14/h8-9,14H,4-7,10H2,1-3H3,(H,18,23)/t14-/m0/s1. The number of carbonyl (C=O) groups is 2. The van der Waals surface area contributed by atoms with Crippen LogP contribution in [-0.2, 0) is 4.79 Å². The Bertz CT molecular complexity index is 605. The van der Waals surface area contributed by atoms with Crippen molar-refractivity contribution in [3.63, 3.8) is 0 Å². The van der Waals surface area contributed by atoms with E-state index < -0.39 is 6.04 Å². The first kappa shape index (κ1) is 15.6. The van der Waals surface area contributed by atoms with Crippen LogP contribution in [0.5, 0.6) is 0 Å². The van der Waals surface area contributed by atoms with Crippen molar-refractivity contribution < 1.29 is 9.59 Å². The highest BCUT2D eigenvalue weighted by Crippen LogP contribution is 2.19. The second-order valence-electron chi connectivity index (χ2n) is 6.30. The fourth-order valence-electron chi connectivity index (χ4n) is 3.20. The van der Waals surface area contributed by atoms with Crippen molar-refractivity contribution in [2.45, 2.75) is 19.9 Å². The van der Waals surface area contributed by atoms with Gasteiger partial charge in [0.2, 0.25) is 5.91 Å². The number of aryl methyl sites for hydroxylation is 2. The molecule has 1 aromatic rings. The molecule has 124 valence electrons. The van der Waals surface area contributed by atoms with Crippen LogP contribution in [0.25, 0.3) is 0 Å². The van der Waals surface area contributed by atoms with Crippen LogP contribution in [0.2, 0.25) is 0 Å². The van der Waals surface area contributed by atoms with E-state index in [1.807, 2.05) is 18.7 Å². The number of piperazine rings is 1. The van der Waals surface area contributed by atoms with Gasteiger partial charge in [-0.1, -0.05) is 0 Å². The van der Waals surface area contributed by atoms with E-state index in [1.54, 1.807) is 11.9 Å². The lowest BCUT2D eigenvalue weighted by molar-refractivity contribution is -0.133. The van der Waals surface area contributed by atoms with E-state index in [-0.39, 0.29) is 11.9 Å². The first-order valence-corrected chi connectivity index (χ1v) is 7.94. The number of hydrogen-bond acceptors (Lipinski definition) is 4. The Morgan fingerprint density at radius 1 is 1.17 bits per heavy atom. The zero-order chi connectivity index (χ0) is 16.6. The van der Waals surface area contributed by atoms with Gasteiger partial charge in [-0.15, -0.1) is 0 Å². The van der Waals surface area contributed by atoms with Gasteiger partial charge in [-0.05, 0) is 26.0 Å². The lowest BCUT2D eigenvalue weighted by Gasteiger charge is -2.37. The number of nitrogens with one attached hydrogen (secondary N) is 1. The van der Waals surface area contributed by atoms with Crippen molar-refractivity contribution in [1.82, 2.24) is 20.1 Å². The van der Waals surface area contributed by atoms with Gasteiger partial charge in [0, 0.05) is 50.3 Å². The molecule has 0 aliphatic carbocycles. The highest BCUT2D eigenvalue weighted by atomic mass is 16.2. The minimum absolute atomic E-state index is 0.0180. The molecule has 3 heterocycles. The molecular weight excluding hydrogens is 294 g/mol. The summed E-state index contributed by atoms with van der Waals surface area (Å²) >= 11 is 0. The molecule has 0 bridgehead atoms. The van der Waals surface area contributed by atoms with Crippen LogP contribution >= 0.6 is 0 Å². The van der Waals surface area contributed by atoms with Gasteiger partial charge in [0.05, 0.1) is 6.54 Å². The average molecular weight is 317 g/mol. The van der Waals surface area contributed by atoms with E-state index in [0.717, 1.165) is 30.2 Å². The molecule has 2 aliphatic rings. The maximum atomic E-state index is 12.5. The first-order valence-electron chi connectivity index (χ1n) is 7.94. The van der Waals surface area contributed by atoms with Gasteiger partial charge < -0.3 is 20.0 Å². The molecule has 1 atom stereocenters. The van der Waals surface area contributed by atoms with Crippen molar-refractivity contribution in [2.24, 2.45) is 0 Å². The summed E-state index contributed by atoms with van der Waals surface area (Å²) in [6.45, 7) is 7.38. The second kappa shape index (κ2) is 6.06. The van der Waals surface area contributed by atoms with E-state index in [1.165, 1.54) is 0 Å². The molecule has 2 fully saturated rings. The fourth-order valence-corrected chi connectivity index (χ4v) is 3.20. The Balaban J connectivity index is 1.60. The number of anilines is 1. The number of urea groups is 1. The van der Waals surface area contributed by atoms with Crippen molar-refractivity contribution in [2.75, 3.05) is 44.7 Å². The topological polar surface area (TPSA) is 68.8 Å². The average Bonchev–Trinajstić information content (AvgIpc) is 2.85. The predicted molar refractivity (Wildman–Crippen MR) is 87.5 cm³/mol. The van der Waals surface area contributed by atoms with E-state index in [9.17, 15) is 9.59 Å². The van der Waals surface area contributed by atoms with Gasteiger partial charge in [-0.2, -0.15) is 0 Å². The van der Waals surface area contributed by atoms with Gasteiger partial charge in [-0.3, -0.25) is 9.78 Å². The van der Waals surface area contributed by atoms with Crippen LogP contribution in [0.15, 0.2) is 12.1 Å². The summed E-state index contributed by atoms with van der Waals surface area (Å²) in [5.74, 6) is 0.0180. The molecule has 7 heteroatoms. The number of likely N-dealkylation sites (N-methyl/N-ethyl adjacent to an activating group) is 1. The third-order valence-corrected chi connectivity index (χ3v) is 4.42. The van der Waals surface area contributed by atoms with Crippen LogP contribution in [0.1, 0.15) is 11.4 Å². The number of nitrogens with zero attached hydrogens (tertiary/aromatic N) is 4. The van der Waals surface area contributed by atoms with Crippen LogP contribution in [0.3, 0.4) is 0 Å². The van der Waals surface area contributed by atoms with Crippen molar-refractivity contribution >= 4 is 17.6 Å². The predicted octanol–water partition coefficient (Wildman–Crippen LogP) is 0.371. The van der Waals surface area contributed by atoms with Crippen LogP contribution < -0.4 is 10.2 Å². The third-order valence-electron chi connectivity index (χ3n) is 4.42. The molecule has 2 saturated heterocycles. The van der Waals surface area contributed by atoms with Gasteiger partial charge >= 0.3 is 6.03 Å². The molecule has 1 aromatic heterocycles. The van der Waals surface area contributed by atoms with Crippen molar-refractivity contribution in [1.29, 1.82) is 0 Å². The Morgan fingerprint density at radius 2 is 1.78 bits per heavy atom. The summed E-state index contributed by atoms with van der Waals surface area (Å²) < 4.78 is 0. The second-order valence-corrected chi connectivity index (χ2v) is 6.30. The smallest absolute Gasteiger partial charge is 0.317 e. The molecule has 0 aromatic carbocycles. The van der Waals surface area contributed by atoms with Crippen molar-refractivity contribution in [3.8, 4) is 0 Å². The maximum Gasteiger partial charge on any atom is 0.317 e. The zero-order valence-corrected chi connectivity index (χ0v) is 13.9. The van der Waals surface area contributed by atoms with Crippen LogP contribution in [0, 0.1) is 13.8 Å². The number of aromatic nitrogens is 1. The number of rotatable bonds is 2. The molecule has 3 amide bonds.